The van der Waals surface area contributed by atoms with Crippen LogP contribution in [0.25, 0.3) is 22.2 Å². The van der Waals surface area contributed by atoms with Gasteiger partial charge in [-0.3, -0.25) is 9.48 Å². The van der Waals surface area contributed by atoms with Gasteiger partial charge in [0.05, 0.1) is 23.0 Å². The molecule has 1 aromatic carbocycles. The van der Waals surface area contributed by atoms with Crippen molar-refractivity contribution in [1.82, 2.24) is 20.1 Å². The molecule has 1 saturated carbocycles. The van der Waals surface area contributed by atoms with Crippen LogP contribution in [0.1, 0.15) is 48.2 Å². The summed E-state index contributed by atoms with van der Waals surface area (Å²) >= 11 is 0. The summed E-state index contributed by atoms with van der Waals surface area (Å²) in [7, 11) is 1.91. The van der Waals surface area contributed by atoms with Gasteiger partial charge in [-0.2, -0.15) is 5.10 Å². The maximum absolute atomic E-state index is 13.0. The van der Waals surface area contributed by atoms with E-state index in [1.54, 1.807) is 0 Å². The molecule has 0 spiro atoms. The van der Waals surface area contributed by atoms with E-state index in [0.717, 1.165) is 40.7 Å². The number of fused-ring (bicyclic) bond motifs is 1. The predicted octanol–water partition coefficient (Wildman–Crippen LogP) is 4.01. The van der Waals surface area contributed by atoms with E-state index >= 15 is 0 Å². The van der Waals surface area contributed by atoms with Gasteiger partial charge in [0.25, 0.3) is 5.91 Å². The second kappa shape index (κ2) is 6.90. The van der Waals surface area contributed by atoms with Crippen molar-refractivity contribution in [3.8, 4) is 11.3 Å². The van der Waals surface area contributed by atoms with Gasteiger partial charge in [-0.1, -0.05) is 37.5 Å². The second-order valence-electron chi connectivity index (χ2n) is 7.15. The van der Waals surface area contributed by atoms with Gasteiger partial charge in [-0.25, -0.2) is 4.98 Å². The standard InChI is InChI=1S/C21H24N4O/c1-14-18(13-22-25(14)2)20-12-17(16-10-6-7-11-19(16)24-20)21(26)23-15-8-4-3-5-9-15/h6-7,10-13,15H,3-5,8-9H2,1-2H3,(H,23,26). The van der Waals surface area contributed by atoms with Crippen LogP contribution in [-0.2, 0) is 7.05 Å². The number of amides is 1. The number of benzene rings is 1. The Morgan fingerprint density at radius 1 is 1.19 bits per heavy atom. The Labute approximate surface area is 153 Å². The van der Waals surface area contributed by atoms with E-state index in [-0.39, 0.29) is 11.9 Å². The highest BCUT2D eigenvalue weighted by Crippen LogP contribution is 2.27. The Kier molecular flexibility index (Phi) is 4.45. The van der Waals surface area contributed by atoms with Crippen molar-refractivity contribution in [2.45, 2.75) is 45.1 Å². The molecule has 5 heteroatoms. The zero-order valence-electron chi connectivity index (χ0n) is 15.3. The number of hydrogen-bond donors (Lipinski definition) is 1. The Hall–Kier alpha value is -2.69. The third-order valence-electron chi connectivity index (χ3n) is 5.41. The number of carbonyl (C=O) groups excluding carboxylic acids is 1. The van der Waals surface area contributed by atoms with Crippen molar-refractivity contribution in [3.05, 3.63) is 47.8 Å². The first-order chi connectivity index (χ1) is 12.6. The summed E-state index contributed by atoms with van der Waals surface area (Å²) < 4.78 is 1.83. The van der Waals surface area contributed by atoms with E-state index in [9.17, 15) is 4.79 Å². The molecule has 0 saturated heterocycles. The Balaban J connectivity index is 1.77. The van der Waals surface area contributed by atoms with Crippen molar-refractivity contribution in [2.75, 3.05) is 0 Å². The van der Waals surface area contributed by atoms with Crippen molar-refractivity contribution in [2.24, 2.45) is 7.05 Å². The normalized spacial score (nSPS) is 15.3. The van der Waals surface area contributed by atoms with E-state index in [1.807, 2.05) is 55.2 Å². The number of aromatic nitrogens is 3. The van der Waals surface area contributed by atoms with Gasteiger partial charge < -0.3 is 5.32 Å². The number of carbonyl (C=O) groups is 1. The van der Waals surface area contributed by atoms with E-state index in [1.165, 1.54) is 19.3 Å². The van der Waals surface area contributed by atoms with Crippen molar-refractivity contribution < 1.29 is 4.79 Å². The minimum Gasteiger partial charge on any atom is -0.349 e. The maximum Gasteiger partial charge on any atom is 0.252 e. The quantitative estimate of drug-likeness (QED) is 0.778. The summed E-state index contributed by atoms with van der Waals surface area (Å²) in [5.41, 5.74) is 4.32. The zero-order chi connectivity index (χ0) is 18.1. The molecule has 1 fully saturated rings. The summed E-state index contributed by atoms with van der Waals surface area (Å²) in [5, 5.41) is 8.45. The summed E-state index contributed by atoms with van der Waals surface area (Å²) in [6, 6.07) is 10.0. The molecule has 0 atom stereocenters. The third-order valence-corrected chi connectivity index (χ3v) is 5.41. The predicted molar refractivity (Wildman–Crippen MR) is 103 cm³/mol. The molecule has 2 aromatic heterocycles. The number of pyridine rings is 1. The fourth-order valence-electron chi connectivity index (χ4n) is 3.76. The highest BCUT2D eigenvalue weighted by atomic mass is 16.1. The summed E-state index contributed by atoms with van der Waals surface area (Å²) in [6.45, 7) is 2.01. The third kappa shape index (κ3) is 3.09. The lowest BCUT2D eigenvalue weighted by Crippen LogP contribution is -2.36. The van der Waals surface area contributed by atoms with Crippen LogP contribution in [0.15, 0.2) is 36.5 Å². The molecule has 0 unspecified atom stereocenters. The molecule has 1 N–H and O–H groups in total. The molecule has 4 rings (SSSR count). The first-order valence-electron chi connectivity index (χ1n) is 9.33. The van der Waals surface area contributed by atoms with Gasteiger partial charge in [0.1, 0.15) is 0 Å². The highest BCUT2D eigenvalue weighted by molar-refractivity contribution is 6.07. The van der Waals surface area contributed by atoms with Gasteiger partial charge in [-0.15, -0.1) is 0 Å². The molecule has 2 heterocycles. The van der Waals surface area contributed by atoms with Crippen LogP contribution in [0.4, 0.5) is 0 Å². The van der Waals surface area contributed by atoms with Crippen molar-refractivity contribution in [3.63, 3.8) is 0 Å². The molecule has 0 radical (unpaired) electrons. The molecule has 1 amide bonds. The molecular formula is C21H24N4O. The van der Waals surface area contributed by atoms with Crippen LogP contribution < -0.4 is 5.32 Å². The Morgan fingerprint density at radius 3 is 2.69 bits per heavy atom. The van der Waals surface area contributed by atoms with Crippen LogP contribution in [0.5, 0.6) is 0 Å². The molecule has 26 heavy (non-hydrogen) atoms. The molecular weight excluding hydrogens is 324 g/mol. The first-order valence-corrected chi connectivity index (χ1v) is 9.33. The minimum absolute atomic E-state index is 0.00158. The number of nitrogens with zero attached hydrogens (tertiary/aromatic N) is 3. The topological polar surface area (TPSA) is 59.8 Å². The van der Waals surface area contributed by atoms with Gasteiger partial charge in [0.2, 0.25) is 0 Å². The zero-order valence-corrected chi connectivity index (χ0v) is 15.3. The number of hydrogen-bond acceptors (Lipinski definition) is 3. The number of nitrogens with one attached hydrogen (secondary N) is 1. The second-order valence-corrected chi connectivity index (χ2v) is 7.15. The summed E-state index contributed by atoms with van der Waals surface area (Å²) in [6.07, 6.45) is 7.63. The van der Waals surface area contributed by atoms with Gasteiger partial charge in [0.15, 0.2) is 0 Å². The summed E-state index contributed by atoms with van der Waals surface area (Å²) in [5.74, 6) is -0.00158. The van der Waals surface area contributed by atoms with Crippen molar-refractivity contribution in [1.29, 1.82) is 0 Å². The molecule has 134 valence electrons. The number of aryl methyl sites for hydroxylation is 1. The molecule has 3 aromatic rings. The van der Waals surface area contributed by atoms with E-state index < -0.39 is 0 Å². The fourth-order valence-corrected chi connectivity index (χ4v) is 3.76. The number of para-hydroxylation sites is 1. The highest BCUT2D eigenvalue weighted by Gasteiger charge is 2.20. The average Bonchev–Trinajstić information content (AvgIpc) is 3.00. The van der Waals surface area contributed by atoms with Crippen LogP contribution in [0.3, 0.4) is 0 Å². The molecule has 0 aliphatic heterocycles. The molecule has 1 aliphatic carbocycles. The molecule has 0 bridgehead atoms. The van der Waals surface area contributed by atoms with Crippen LogP contribution >= 0.6 is 0 Å². The van der Waals surface area contributed by atoms with E-state index in [0.29, 0.717) is 5.56 Å². The lowest BCUT2D eigenvalue weighted by atomic mass is 9.95. The van der Waals surface area contributed by atoms with E-state index in [4.69, 9.17) is 4.98 Å². The Bertz CT molecular complexity index is 954. The smallest absolute Gasteiger partial charge is 0.252 e. The minimum atomic E-state index is -0.00158. The van der Waals surface area contributed by atoms with Crippen molar-refractivity contribution >= 4 is 16.8 Å². The van der Waals surface area contributed by atoms with Crippen LogP contribution in [0.2, 0.25) is 0 Å². The monoisotopic (exact) mass is 348 g/mol. The van der Waals surface area contributed by atoms with E-state index in [2.05, 4.69) is 10.4 Å². The van der Waals surface area contributed by atoms with Crippen LogP contribution in [-0.4, -0.2) is 26.7 Å². The van der Waals surface area contributed by atoms with Gasteiger partial charge in [0, 0.05) is 29.7 Å². The van der Waals surface area contributed by atoms with Gasteiger partial charge in [-0.05, 0) is 31.9 Å². The lowest BCUT2D eigenvalue weighted by molar-refractivity contribution is 0.0929. The SMILES string of the molecule is Cc1c(-c2cc(C(=O)NC3CCCCC3)c3ccccc3n2)cnn1C. The van der Waals surface area contributed by atoms with Gasteiger partial charge >= 0.3 is 0 Å². The maximum atomic E-state index is 13.0. The fraction of sp³-hybridized carbons (Fsp3) is 0.381. The first kappa shape index (κ1) is 16.8. The van der Waals surface area contributed by atoms with Crippen LogP contribution in [0, 0.1) is 6.92 Å². The Morgan fingerprint density at radius 2 is 1.96 bits per heavy atom. The molecule has 5 nitrogen and oxygen atoms in total. The average molecular weight is 348 g/mol. The molecule has 1 aliphatic rings. The summed E-state index contributed by atoms with van der Waals surface area (Å²) in [4.78, 5) is 17.8. The largest absolute Gasteiger partial charge is 0.349 e. The lowest BCUT2D eigenvalue weighted by Gasteiger charge is -2.23. The number of rotatable bonds is 3.